The molecule has 0 aliphatic heterocycles. The summed E-state index contributed by atoms with van der Waals surface area (Å²) in [5, 5.41) is 7.26. The first-order chi connectivity index (χ1) is 15.0. The van der Waals surface area contributed by atoms with Gasteiger partial charge in [0.25, 0.3) is 5.91 Å². The maximum Gasteiger partial charge on any atom is 0.272 e. The van der Waals surface area contributed by atoms with Gasteiger partial charge in [0.1, 0.15) is 11.6 Å². The van der Waals surface area contributed by atoms with Crippen LogP contribution in [-0.2, 0) is 12.8 Å². The van der Waals surface area contributed by atoms with E-state index < -0.39 is 11.6 Å². The van der Waals surface area contributed by atoms with Crippen LogP contribution in [-0.4, -0.2) is 28.8 Å². The van der Waals surface area contributed by atoms with Gasteiger partial charge < -0.3 is 10.1 Å². The predicted molar refractivity (Wildman–Crippen MR) is 109 cm³/mol. The first-order valence-electron chi connectivity index (χ1n) is 10.3. The topological polar surface area (TPSA) is 56.1 Å². The molecule has 0 spiro atoms. The van der Waals surface area contributed by atoms with Crippen molar-refractivity contribution in [2.24, 2.45) is 0 Å². The Balaban J connectivity index is 1.32. The number of ether oxygens (including phenoxy) is 1. The minimum Gasteiger partial charge on any atom is -0.494 e. The molecule has 3 aromatic rings. The third-order valence-corrected chi connectivity index (χ3v) is 5.23. The largest absolute Gasteiger partial charge is 0.494 e. The van der Waals surface area contributed by atoms with Gasteiger partial charge in [0.15, 0.2) is 17.3 Å². The fraction of sp³-hybridized carbons (Fsp3) is 0.304. The molecule has 1 aromatic heterocycles. The van der Waals surface area contributed by atoms with Crippen LogP contribution in [0.2, 0.25) is 0 Å². The molecule has 1 aliphatic carbocycles. The smallest absolute Gasteiger partial charge is 0.272 e. The summed E-state index contributed by atoms with van der Waals surface area (Å²) in [4.78, 5) is 12.7. The molecule has 0 saturated heterocycles. The number of nitrogens with one attached hydrogen (secondary N) is 1. The number of carbonyl (C=O) groups is 1. The van der Waals surface area contributed by atoms with E-state index in [1.165, 1.54) is 22.9 Å². The van der Waals surface area contributed by atoms with Gasteiger partial charge in [0, 0.05) is 23.9 Å². The Morgan fingerprint density at radius 2 is 1.84 bits per heavy atom. The van der Waals surface area contributed by atoms with Crippen molar-refractivity contribution in [3.63, 3.8) is 0 Å². The first-order valence-corrected chi connectivity index (χ1v) is 10.3. The van der Waals surface area contributed by atoms with Crippen molar-refractivity contribution in [1.29, 1.82) is 0 Å². The van der Waals surface area contributed by atoms with E-state index in [-0.39, 0.29) is 11.7 Å². The molecule has 2 aromatic carbocycles. The molecule has 1 aliphatic rings. The van der Waals surface area contributed by atoms with Crippen LogP contribution in [0.5, 0.6) is 5.75 Å². The highest BCUT2D eigenvalue weighted by Gasteiger charge is 2.27. The summed E-state index contributed by atoms with van der Waals surface area (Å²) in [6, 6.07) is 9.42. The summed E-state index contributed by atoms with van der Waals surface area (Å²) in [7, 11) is 0. The SMILES string of the molecule is O=C(NCCCCOc1ccc(F)cc1)c1nn(-c2ccc(F)c(F)c2)c2c1CCC2. The Hall–Kier alpha value is -3.29. The summed E-state index contributed by atoms with van der Waals surface area (Å²) in [5.74, 6) is -1.86. The molecular formula is C23H22F3N3O2. The van der Waals surface area contributed by atoms with Crippen molar-refractivity contribution < 1.29 is 22.7 Å². The van der Waals surface area contributed by atoms with E-state index in [1.807, 2.05) is 0 Å². The number of rotatable bonds is 8. The normalized spacial score (nSPS) is 12.6. The van der Waals surface area contributed by atoms with Gasteiger partial charge in [-0.15, -0.1) is 0 Å². The number of benzene rings is 2. The van der Waals surface area contributed by atoms with Crippen LogP contribution in [0, 0.1) is 17.5 Å². The maximum absolute atomic E-state index is 13.7. The van der Waals surface area contributed by atoms with Crippen LogP contribution in [0.15, 0.2) is 42.5 Å². The average Bonchev–Trinajstić information content (AvgIpc) is 3.37. The lowest BCUT2D eigenvalue weighted by molar-refractivity contribution is 0.0946. The molecule has 0 unspecified atom stereocenters. The third kappa shape index (κ3) is 4.73. The van der Waals surface area contributed by atoms with Crippen LogP contribution >= 0.6 is 0 Å². The van der Waals surface area contributed by atoms with E-state index in [0.29, 0.717) is 36.7 Å². The minimum absolute atomic E-state index is 0.279. The molecule has 5 nitrogen and oxygen atoms in total. The number of hydrogen-bond acceptors (Lipinski definition) is 3. The standard InChI is InChI=1S/C23H22F3N3O2/c24-15-6-9-17(10-7-15)31-13-2-1-12-27-23(30)22-18-4-3-5-21(18)29(28-22)16-8-11-19(25)20(26)14-16/h6-11,14H,1-5,12-13H2,(H,27,30). The summed E-state index contributed by atoms with van der Waals surface area (Å²) in [5.41, 5.74) is 2.46. The summed E-state index contributed by atoms with van der Waals surface area (Å²) in [6.07, 6.45) is 3.78. The first kappa shape index (κ1) is 21.0. The molecule has 8 heteroatoms. The summed E-state index contributed by atoms with van der Waals surface area (Å²) < 4.78 is 46.9. The second-order valence-corrected chi connectivity index (χ2v) is 7.40. The number of unbranched alkanes of at least 4 members (excludes halogenated alkanes) is 1. The van der Waals surface area contributed by atoms with Crippen LogP contribution in [0.4, 0.5) is 13.2 Å². The molecule has 0 fully saturated rings. The molecular weight excluding hydrogens is 407 g/mol. The molecule has 4 rings (SSSR count). The molecule has 0 radical (unpaired) electrons. The Bertz CT molecular complexity index is 1080. The fourth-order valence-electron chi connectivity index (χ4n) is 3.68. The van der Waals surface area contributed by atoms with Gasteiger partial charge in [-0.25, -0.2) is 17.9 Å². The number of halogens is 3. The fourth-order valence-corrected chi connectivity index (χ4v) is 3.68. The average molecular weight is 429 g/mol. The van der Waals surface area contributed by atoms with Crippen molar-refractivity contribution >= 4 is 5.91 Å². The van der Waals surface area contributed by atoms with Gasteiger partial charge in [-0.3, -0.25) is 4.79 Å². The number of fused-ring (bicyclic) bond motifs is 1. The van der Waals surface area contributed by atoms with Gasteiger partial charge in [-0.05, 0) is 68.5 Å². The monoisotopic (exact) mass is 429 g/mol. The van der Waals surface area contributed by atoms with Crippen LogP contribution < -0.4 is 10.1 Å². The summed E-state index contributed by atoms with van der Waals surface area (Å²) >= 11 is 0. The predicted octanol–water partition coefficient (Wildman–Crippen LogP) is 4.37. The Labute approximate surface area is 177 Å². The molecule has 0 atom stereocenters. The second kappa shape index (κ2) is 9.24. The van der Waals surface area contributed by atoms with E-state index in [4.69, 9.17) is 4.74 Å². The van der Waals surface area contributed by atoms with Crippen molar-refractivity contribution in [2.75, 3.05) is 13.2 Å². The van der Waals surface area contributed by atoms with Crippen LogP contribution in [0.3, 0.4) is 0 Å². The quantitative estimate of drug-likeness (QED) is 0.541. The maximum atomic E-state index is 13.7. The van der Waals surface area contributed by atoms with E-state index in [2.05, 4.69) is 10.4 Å². The zero-order chi connectivity index (χ0) is 21.8. The van der Waals surface area contributed by atoms with E-state index >= 15 is 0 Å². The molecule has 162 valence electrons. The molecule has 0 bridgehead atoms. The highest BCUT2D eigenvalue weighted by Crippen LogP contribution is 2.28. The van der Waals surface area contributed by atoms with E-state index in [1.54, 1.807) is 12.1 Å². The number of carbonyl (C=O) groups excluding carboxylic acids is 1. The van der Waals surface area contributed by atoms with Gasteiger partial charge in [0.05, 0.1) is 12.3 Å². The molecule has 1 N–H and O–H groups in total. The molecule has 31 heavy (non-hydrogen) atoms. The van der Waals surface area contributed by atoms with Crippen LogP contribution in [0.25, 0.3) is 5.69 Å². The van der Waals surface area contributed by atoms with Gasteiger partial charge >= 0.3 is 0 Å². The highest BCUT2D eigenvalue weighted by molar-refractivity contribution is 5.94. The lowest BCUT2D eigenvalue weighted by atomic mass is 10.2. The van der Waals surface area contributed by atoms with Gasteiger partial charge in [0.2, 0.25) is 0 Å². The lowest BCUT2D eigenvalue weighted by Gasteiger charge is -2.07. The lowest BCUT2D eigenvalue weighted by Crippen LogP contribution is -2.26. The minimum atomic E-state index is -0.950. The zero-order valence-electron chi connectivity index (χ0n) is 16.8. The Morgan fingerprint density at radius 1 is 1.03 bits per heavy atom. The van der Waals surface area contributed by atoms with Crippen molar-refractivity contribution in [1.82, 2.24) is 15.1 Å². The number of hydrogen-bond donors (Lipinski definition) is 1. The third-order valence-electron chi connectivity index (χ3n) is 5.23. The zero-order valence-corrected chi connectivity index (χ0v) is 16.8. The van der Waals surface area contributed by atoms with Crippen molar-refractivity contribution in [2.45, 2.75) is 32.1 Å². The second-order valence-electron chi connectivity index (χ2n) is 7.40. The number of nitrogens with zero attached hydrogens (tertiary/aromatic N) is 2. The van der Waals surface area contributed by atoms with Gasteiger partial charge in [-0.1, -0.05) is 0 Å². The van der Waals surface area contributed by atoms with Gasteiger partial charge in [-0.2, -0.15) is 5.10 Å². The van der Waals surface area contributed by atoms with E-state index in [9.17, 15) is 18.0 Å². The molecule has 1 heterocycles. The highest BCUT2D eigenvalue weighted by atomic mass is 19.2. The van der Waals surface area contributed by atoms with Crippen LogP contribution in [0.1, 0.15) is 41.0 Å². The number of aromatic nitrogens is 2. The molecule has 1 amide bonds. The van der Waals surface area contributed by atoms with E-state index in [0.717, 1.165) is 49.1 Å². The summed E-state index contributed by atoms with van der Waals surface area (Å²) in [6.45, 7) is 0.917. The number of amides is 1. The Morgan fingerprint density at radius 3 is 2.61 bits per heavy atom. The van der Waals surface area contributed by atoms with Crippen molar-refractivity contribution in [3.8, 4) is 11.4 Å². The molecule has 0 saturated carbocycles. The van der Waals surface area contributed by atoms with Crippen molar-refractivity contribution in [3.05, 3.63) is 76.9 Å². The Kier molecular flexibility index (Phi) is 6.25.